The Labute approximate surface area is 82.1 Å². The third kappa shape index (κ3) is 1.51. The topological polar surface area (TPSA) is 64.3 Å². The maximum atomic E-state index is 10.8. The number of anilines is 1. The molecule has 0 radical (unpaired) electrons. The predicted octanol–water partition coefficient (Wildman–Crippen LogP) is 1.36. The number of benzene rings is 1. The Hall–Kier alpha value is -1.71. The number of cyclic esters (lactones) is 1. The average molecular weight is 192 g/mol. The molecule has 1 amide bonds. The molecule has 1 heterocycles. The summed E-state index contributed by atoms with van der Waals surface area (Å²) in [6.45, 7) is 2.46. The van der Waals surface area contributed by atoms with Crippen LogP contribution in [0.5, 0.6) is 0 Å². The maximum Gasteiger partial charge on any atom is 0.407 e. The van der Waals surface area contributed by atoms with Crippen LogP contribution < -0.4 is 11.1 Å². The van der Waals surface area contributed by atoms with E-state index < -0.39 is 0 Å². The first-order valence-corrected chi connectivity index (χ1v) is 4.47. The SMILES string of the molecule is Cc1ccc(C2CNC(=O)O2)cc1N. The summed E-state index contributed by atoms with van der Waals surface area (Å²) in [6, 6.07) is 5.70. The Morgan fingerprint density at radius 2 is 2.36 bits per heavy atom. The summed E-state index contributed by atoms with van der Waals surface area (Å²) in [7, 11) is 0. The molecule has 0 aromatic heterocycles. The molecule has 0 spiro atoms. The van der Waals surface area contributed by atoms with Crippen LogP contribution in [0.15, 0.2) is 18.2 Å². The molecule has 0 saturated carbocycles. The number of aryl methyl sites for hydroxylation is 1. The van der Waals surface area contributed by atoms with Gasteiger partial charge in [-0.3, -0.25) is 0 Å². The molecule has 1 saturated heterocycles. The number of nitrogens with two attached hydrogens (primary N) is 1. The van der Waals surface area contributed by atoms with E-state index in [1.165, 1.54) is 0 Å². The highest BCUT2D eigenvalue weighted by atomic mass is 16.6. The van der Waals surface area contributed by atoms with Crippen molar-refractivity contribution in [2.75, 3.05) is 12.3 Å². The normalized spacial score (nSPS) is 20.4. The van der Waals surface area contributed by atoms with Crippen molar-refractivity contribution in [1.29, 1.82) is 0 Å². The van der Waals surface area contributed by atoms with Crippen LogP contribution >= 0.6 is 0 Å². The fourth-order valence-electron chi connectivity index (χ4n) is 1.43. The Balaban J connectivity index is 2.24. The zero-order valence-corrected chi connectivity index (χ0v) is 7.91. The molecular weight excluding hydrogens is 180 g/mol. The number of alkyl carbamates (subject to hydrolysis) is 1. The zero-order chi connectivity index (χ0) is 10.1. The van der Waals surface area contributed by atoms with Gasteiger partial charge >= 0.3 is 6.09 Å². The van der Waals surface area contributed by atoms with E-state index in [0.29, 0.717) is 6.54 Å². The number of amides is 1. The highest BCUT2D eigenvalue weighted by molar-refractivity contribution is 5.69. The summed E-state index contributed by atoms with van der Waals surface area (Å²) < 4.78 is 5.04. The molecule has 1 aromatic carbocycles. The van der Waals surface area contributed by atoms with Gasteiger partial charge in [-0.15, -0.1) is 0 Å². The number of hydrogen-bond donors (Lipinski definition) is 2. The summed E-state index contributed by atoms with van der Waals surface area (Å²) in [5.41, 5.74) is 8.46. The molecule has 74 valence electrons. The Morgan fingerprint density at radius 3 is 2.93 bits per heavy atom. The van der Waals surface area contributed by atoms with E-state index in [9.17, 15) is 4.79 Å². The van der Waals surface area contributed by atoms with Crippen LogP contribution in [0, 0.1) is 6.92 Å². The van der Waals surface area contributed by atoms with Crippen molar-refractivity contribution in [2.45, 2.75) is 13.0 Å². The maximum absolute atomic E-state index is 10.8. The second-order valence-electron chi connectivity index (χ2n) is 3.39. The Bertz CT molecular complexity index is 376. The minimum atomic E-state index is -0.367. The van der Waals surface area contributed by atoms with Gasteiger partial charge in [0, 0.05) is 5.69 Å². The molecule has 0 aliphatic carbocycles. The van der Waals surface area contributed by atoms with E-state index in [4.69, 9.17) is 10.5 Å². The standard InChI is InChI=1S/C10H12N2O2/c1-6-2-3-7(4-8(6)11)9-5-12-10(13)14-9/h2-4,9H,5,11H2,1H3,(H,12,13). The van der Waals surface area contributed by atoms with E-state index in [0.717, 1.165) is 16.8 Å². The van der Waals surface area contributed by atoms with Crippen molar-refractivity contribution in [3.05, 3.63) is 29.3 Å². The lowest BCUT2D eigenvalue weighted by atomic mass is 10.1. The molecule has 14 heavy (non-hydrogen) atoms. The van der Waals surface area contributed by atoms with Crippen molar-refractivity contribution in [2.24, 2.45) is 0 Å². The monoisotopic (exact) mass is 192 g/mol. The quantitative estimate of drug-likeness (QED) is 0.660. The van der Waals surface area contributed by atoms with Gasteiger partial charge in [-0.25, -0.2) is 4.79 Å². The van der Waals surface area contributed by atoms with Crippen LogP contribution in [0.2, 0.25) is 0 Å². The highest BCUT2D eigenvalue weighted by Gasteiger charge is 2.24. The molecule has 1 aliphatic rings. The van der Waals surface area contributed by atoms with Gasteiger partial charge in [0.15, 0.2) is 0 Å². The van der Waals surface area contributed by atoms with Crippen molar-refractivity contribution >= 4 is 11.8 Å². The number of carbonyl (C=O) groups excluding carboxylic acids is 1. The van der Waals surface area contributed by atoms with E-state index in [-0.39, 0.29) is 12.2 Å². The molecule has 4 nitrogen and oxygen atoms in total. The second kappa shape index (κ2) is 3.21. The lowest BCUT2D eigenvalue weighted by Crippen LogP contribution is -2.12. The van der Waals surface area contributed by atoms with E-state index in [1.807, 2.05) is 25.1 Å². The lowest BCUT2D eigenvalue weighted by molar-refractivity contribution is 0.141. The van der Waals surface area contributed by atoms with Crippen molar-refractivity contribution in [3.63, 3.8) is 0 Å². The number of ether oxygens (including phenoxy) is 1. The molecule has 0 bridgehead atoms. The van der Waals surface area contributed by atoms with Crippen LogP contribution in [0.3, 0.4) is 0 Å². The predicted molar refractivity (Wildman–Crippen MR) is 52.8 cm³/mol. The lowest BCUT2D eigenvalue weighted by Gasteiger charge is -2.09. The summed E-state index contributed by atoms with van der Waals surface area (Å²) in [4.78, 5) is 10.8. The van der Waals surface area contributed by atoms with Gasteiger partial charge < -0.3 is 15.8 Å². The van der Waals surface area contributed by atoms with Gasteiger partial charge in [0.25, 0.3) is 0 Å². The van der Waals surface area contributed by atoms with Gasteiger partial charge in [0.1, 0.15) is 6.10 Å². The van der Waals surface area contributed by atoms with E-state index >= 15 is 0 Å². The van der Waals surface area contributed by atoms with Crippen LogP contribution in [0.25, 0.3) is 0 Å². The molecule has 1 aromatic rings. The Kier molecular flexibility index (Phi) is 2.04. The average Bonchev–Trinajstić information content (AvgIpc) is 2.57. The molecule has 1 atom stereocenters. The van der Waals surface area contributed by atoms with Crippen molar-refractivity contribution in [3.8, 4) is 0 Å². The number of rotatable bonds is 1. The Morgan fingerprint density at radius 1 is 1.57 bits per heavy atom. The fraction of sp³-hybridized carbons (Fsp3) is 0.300. The van der Waals surface area contributed by atoms with E-state index in [2.05, 4.69) is 5.32 Å². The number of carbonyl (C=O) groups is 1. The molecular formula is C10H12N2O2. The van der Waals surface area contributed by atoms with Gasteiger partial charge in [-0.2, -0.15) is 0 Å². The third-order valence-corrected chi connectivity index (χ3v) is 2.36. The number of nitrogens with one attached hydrogen (secondary N) is 1. The summed E-state index contributed by atoms with van der Waals surface area (Å²) in [5, 5.41) is 2.60. The van der Waals surface area contributed by atoms with Crippen LogP contribution in [-0.4, -0.2) is 12.6 Å². The smallest absolute Gasteiger partial charge is 0.407 e. The van der Waals surface area contributed by atoms with Gasteiger partial charge in [0.2, 0.25) is 0 Å². The first-order valence-electron chi connectivity index (χ1n) is 4.47. The zero-order valence-electron chi connectivity index (χ0n) is 7.91. The highest BCUT2D eigenvalue weighted by Crippen LogP contribution is 2.23. The van der Waals surface area contributed by atoms with Crippen molar-refractivity contribution in [1.82, 2.24) is 5.32 Å². The van der Waals surface area contributed by atoms with Gasteiger partial charge in [0.05, 0.1) is 6.54 Å². The van der Waals surface area contributed by atoms with Crippen LogP contribution in [0.1, 0.15) is 17.2 Å². The van der Waals surface area contributed by atoms with Crippen LogP contribution in [0.4, 0.5) is 10.5 Å². The summed E-state index contributed by atoms with van der Waals surface area (Å²) in [5.74, 6) is 0. The van der Waals surface area contributed by atoms with Crippen molar-refractivity contribution < 1.29 is 9.53 Å². The fourth-order valence-corrected chi connectivity index (χ4v) is 1.43. The minimum absolute atomic E-state index is 0.203. The van der Waals surface area contributed by atoms with Gasteiger partial charge in [-0.05, 0) is 24.1 Å². The molecule has 2 rings (SSSR count). The largest absolute Gasteiger partial charge is 0.439 e. The molecule has 1 aliphatic heterocycles. The summed E-state index contributed by atoms with van der Waals surface area (Å²) >= 11 is 0. The molecule has 1 fully saturated rings. The second-order valence-corrected chi connectivity index (χ2v) is 3.39. The number of hydrogen-bond acceptors (Lipinski definition) is 3. The van der Waals surface area contributed by atoms with E-state index in [1.54, 1.807) is 0 Å². The molecule has 4 heteroatoms. The number of nitrogen functional groups attached to an aromatic ring is 1. The van der Waals surface area contributed by atoms with Crippen LogP contribution in [-0.2, 0) is 4.74 Å². The summed E-state index contributed by atoms with van der Waals surface area (Å²) in [6.07, 6.45) is -0.570. The molecule has 3 N–H and O–H groups in total. The molecule has 1 unspecified atom stereocenters. The minimum Gasteiger partial charge on any atom is -0.439 e. The first kappa shape index (κ1) is 8.87. The third-order valence-electron chi connectivity index (χ3n) is 2.36. The van der Waals surface area contributed by atoms with Gasteiger partial charge in [-0.1, -0.05) is 12.1 Å². The first-order chi connectivity index (χ1) is 6.66.